The Hall–Kier alpha value is -1.87. The van der Waals surface area contributed by atoms with Crippen LogP contribution in [0.1, 0.15) is 24.1 Å². The molecule has 0 aliphatic carbocycles. The summed E-state index contributed by atoms with van der Waals surface area (Å²) in [5, 5.41) is 3.20. The number of benzene rings is 2. The molecule has 1 N–H and O–H groups in total. The van der Waals surface area contributed by atoms with Crippen LogP contribution in [0.5, 0.6) is 0 Å². The first-order valence-electron chi connectivity index (χ1n) is 7.03. The number of anilines is 2. The fraction of sp³-hybridized carbons (Fsp3) is 0.294. The highest BCUT2D eigenvalue weighted by atomic mass is 19.1. The van der Waals surface area contributed by atoms with Gasteiger partial charge in [0.05, 0.1) is 5.69 Å². The van der Waals surface area contributed by atoms with Crippen molar-refractivity contribution < 1.29 is 4.39 Å². The fourth-order valence-electron chi connectivity index (χ4n) is 2.89. The summed E-state index contributed by atoms with van der Waals surface area (Å²) in [5.41, 5.74) is 4.13. The molecule has 0 fully saturated rings. The lowest BCUT2D eigenvalue weighted by atomic mass is 10.0. The Kier molecular flexibility index (Phi) is 3.45. The molecule has 0 spiro atoms. The van der Waals surface area contributed by atoms with E-state index in [9.17, 15) is 4.39 Å². The molecule has 0 radical (unpaired) electrons. The van der Waals surface area contributed by atoms with E-state index in [4.69, 9.17) is 0 Å². The second-order valence-electron chi connectivity index (χ2n) is 5.22. The van der Waals surface area contributed by atoms with Gasteiger partial charge in [0.2, 0.25) is 0 Å². The number of hydrogen-bond acceptors (Lipinski definition) is 2. The van der Waals surface area contributed by atoms with E-state index in [1.54, 1.807) is 12.1 Å². The summed E-state index contributed by atoms with van der Waals surface area (Å²) >= 11 is 0. The maximum Gasteiger partial charge on any atom is 0.147 e. The Morgan fingerprint density at radius 2 is 1.95 bits per heavy atom. The highest BCUT2D eigenvalue weighted by Crippen LogP contribution is 2.39. The van der Waals surface area contributed by atoms with Crippen LogP contribution < -0.4 is 10.2 Å². The van der Waals surface area contributed by atoms with Gasteiger partial charge in [-0.3, -0.25) is 0 Å². The Bertz CT molecular complexity index is 624. The molecule has 0 saturated heterocycles. The normalized spacial score (nSPS) is 15.2. The van der Waals surface area contributed by atoms with Crippen LogP contribution in [-0.2, 0) is 6.42 Å². The third kappa shape index (κ3) is 2.08. The predicted octanol–water partition coefficient (Wildman–Crippen LogP) is 3.80. The average Bonchev–Trinajstić information content (AvgIpc) is 2.90. The van der Waals surface area contributed by atoms with Crippen LogP contribution in [0.4, 0.5) is 15.8 Å². The molecule has 20 heavy (non-hydrogen) atoms. The SMILES string of the molecule is CNC(C)c1cccc(F)c1N1CCc2ccccc21. The highest BCUT2D eigenvalue weighted by Gasteiger charge is 2.25. The van der Waals surface area contributed by atoms with E-state index >= 15 is 0 Å². The Morgan fingerprint density at radius 1 is 1.15 bits per heavy atom. The summed E-state index contributed by atoms with van der Waals surface area (Å²) in [6.07, 6.45) is 0.970. The number of rotatable bonds is 3. The van der Waals surface area contributed by atoms with E-state index in [0.29, 0.717) is 5.69 Å². The second kappa shape index (κ2) is 5.25. The van der Waals surface area contributed by atoms with Crippen molar-refractivity contribution in [3.8, 4) is 0 Å². The van der Waals surface area contributed by atoms with Crippen molar-refractivity contribution in [1.29, 1.82) is 0 Å². The second-order valence-corrected chi connectivity index (χ2v) is 5.22. The molecule has 104 valence electrons. The molecular formula is C17H19FN2. The lowest BCUT2D eigenvalue weighted by Gasteiger charge is -2.26. The molecule has 1 aliphatic rings. The van der Waals surface area contributed by atoms with E-state index in [-0.39, 0.29) is 11.9 Å². The molecule has 2 aromatic carbocycles. The number of fused-ring (bicyclic) bond motifs is 1. The number of halogens is 1. The highest BCUT2D eigenvalue weighted by molar-refractivity contribution is 5.72. The van der Waals surface area contributed by atoms with E-state index < -0.39 is 0 Å². The first-order chi connectivity index (χ1) is 9.72. The third-order valence-electron chi connectivity index (χ3n) is 4.07. The van der Waals surface area contributed by atoms with Crippen molar-refractivity contribution in [2.45, 2.75) is 19.4 Å². The van der Waals surface area contributed by atoms with Gasteiger partial charge in [-0.25, -0.2) is 4.39 Å². The van der Waals surface area contributed by atoms with Crippen LogP contribution in [0.2, 0.25) is 0 Å². The van der Waals surface area contributed by atoms with Crippen molar-refractivity contribution >= 4 is 11.4 Å². The lowest BCUT2D eigenvalue weighted by Crippen LogP contribution is -2.21. The average molecular weight is 270 g/mol. The Labute approximate surface area is 119 Å². The van der Waals surface area contributed by atoms with Crippen molar-refractivity contribution in [1.82, 2.24) is 5.32 Å². The van der Waals surface area contributed by atoms with Crippen LogP contribution in [0, 0.1) is 5.82 Å². The molecule has 0 bridgehead atoms. The minimum Gasteiger partial charge on any atom is -0.338 e. The van der Waals surface area contributed by atoms with Crippen molar-refractivity contribution in [2.75, 3.05) is 18.5 Å². The molecule has 1 unspecified atom stereocenters. The topological polar surface area (TPSA) is 15.3 Å². The predicted molar refractivity (Wildman–Crippen MR) is 81.0 cm³/mol. The molecule has 1 heterocycles. The Balaban J connectivity index is 2.12. The molecule has 2 nitrogen and oxygen atoms in total. The van der Waals surface area contributed by atoms with Gasteiger partial charge in [-0.1, -0.05) is 30.3 Å². The summed E-state index contributed by atoms with van der Waals surface area (Å²) < 4.78 is 14.4. The largest absolute Gasteiger partial charge is 0.338 e. The molecule has 3 rings (SSSR count). The summed E-state index contributed by atoms with van der Waals surface area (Å²) in [6.45, 7) is 2.89. The van der Waals surface area contributed by atoms with Crippen LogP contribution >= 0.6 is 0 Å². The number of nitrogens with one attached hydrogen (secondary N) is 1. The van der Waals surface area contributed by atoms with E-state index in [2.05, 4.69) is 29.3 Å². The Morgan fingerprint density at radius 3 is 2.75 bits per heavy atom. The van der Waals surface area contributed by atoms with Gasteiger partial charge in [0.15, 0.2) is 0 Å². The maximum absolute atomic E-state index is 14.4. The zero-order chi connectivity index (χ0) is 14.1. The van der Waals surface area contributed by atoms with Gasteiger partial charge in [-0.05, 0) is 43.7 Å². The number of hydrogen-bond donors (Lipinski definition) is 1. The quantitative estimate of drug-likeness (QED) is 0.912. The van der Waals surface area contributed by atoms with Crippen LogP contribution in [0.15, 0.2) is 42.5 Å². The lowest BCUT2D eigenvalue weighted by molar-refractivity contribution is 0.607. The minimum atomic E-state index is -0.152. The standard InChI is InChI=1S/C17H19FN2/c1-12(19-2)14-7-5-8-15(18)17(14)20-11-10-13-6-3-4-9-16(13)20/h3-9,12,19H,10-11H2,1-2H3. The molecule has 0 saturated carbocycles. The summed E-state index contributed by atoms with van der Waals surface area (Å²) in [4.78, 5) is 2.10. The van der Waals surface area contributed by atoms with E-state index in [0.717, 1.165) is 24.2 Å². The van der Waals surface area contributed by atoms with Crippen LogP contribution in [-0.4, -0.2) is 13.6 Å². The monoisotopic (exact) mass is 270 g/mol. The summed E-state index contributed by atoms with van der Waals surface area (Å²) in [7, 11) is 1.90. The zero-order valence-corrected chi connectivity index (χ0v) is 11.9. The molecule has 0 amide bonds. The van der Waals surface area contributed by atoms with Crippen LogP contribution in [0.25, 0.3) is 0 Å². The van der Waals surface area contributed by atoms with Gasteiger partial charge >= 0.3 is 0 Å². The van der Waals surface area contributed by atoms with Crippen molar-refractivity contribution in [2.24, 2.45) is 0 Å². The minimum absolute atomic E-state index is 0.119. The smallest absolute Gasteiger partial charge is 0.147 e. The van der Waals surface area contributed by atoms with Gasteiger partial charge in [0, 0.05) is 18.3 Å². The zero-order valence-electron chi connectivity index (χ0n) is 11.9. The first kappa shape index (κ1) is 13.1. The first-order valence-corrected chi connectivity index (χ1v) is 7.03. The van der Waals surface area contributed by atoms with Gasteiger partial charge in [-0.15, -0.1) is 0 Å². The van der Waals surface area contributed by atoms with Gasteiger partial charge in [-0.2, -0.15) is 0 Å². The molecule has 3 heteroatoms. The fourth-order valence-corrected chi connectivity index (χ4v) is 2.89. The van der Waals surface area contributed by atoms with Gasteiger partial charge in [0.1, 0.15) is 5.82 Å². The van der Waals surface area contributed by atoms with E-state index in [1.807, 2.05) is 25.2 Å². The van der Waals surface area contributed by atoms with Crippen molar-refractivity contribution in [3.63, 3.8) is 0 Å². The van der Waals surface area contributed by atoms with Gasteiger partial charge in [0.25, 0.3) is 0 Å². The van der Waals surface area contributed by atoms with Gasteiger partial charge < -0.3 is 10.2 Å². The third-order valence-corrected chi connectivity index (χ3v) is 4.07. The summed E-state index contributed by atoms with van der Waals surface area (Å²) in [6, 6.07) is 13.7. The molecule has 1 atom stereocenters. The molecule has 0 aromatic heterocycles. The summed E-state index contributed by atoms with van der Waals surface area (Å²) in [5.74, 6) is -0.152. The molecular weight excluding hydrogens is 251 g/mol. The molecule has 2 aromatic rings. The number of nitrogens with zero attached hydrogens (tertiary/aromatic N) is 1. The molecule has 1 aliphatic heterocycles. The maximum atomic E-state index is 14.4. The van der Waals surface area contributed by atoms with Crippen LogP contribution in [0.3, 0.4) is 0 Å². The van der Waals surface area contributed by atoms with E-state index in [1.165, 1.54) is 5.56 Å². The number of para-hydroxylation sites is 2. The van der Waals surface area contributed by atoms with Crippen molar-refractivity contribution in [3.05, 3.63) is 59.4 Å².